The Morgan fingerprint density at radius 3 is 2.69 bits per heavy atom. The fourth-order valence-electron chi connectivity index (χ4n) is 3.79. The lowest BCUT2D eigenvalue weighted by molar-refractivity contribution is -0.133. The van der Waals surface area contributed by atoms with Crippen LogP contribution in [0.4, 0.5) is 0 Å². The highest BCUT2D eigenvalue weighted by Crippen LogP contribution is 2.23. The van der Waals surface area contributed by atoms with Gasteiger partial charge in [-0.15, -0.1) is 0 Å². The lowest BCUT2D eigenvalue weighted by Gasteiger charge is -2.34. The molecule has 1 saturated heterocycles. The molecule has 2 heterocycles. The number of aromatic nitrogens is 2. The number of piperidine rings is 1. The highest BCUT2D eigenvalue weighted by Gasteiger charge is 2.27. The molecule has 0 spiro atoms. The minimum Gasteiger partial charge on any atom is -0.392 e. The van der Waals surface area contributed by atoms with Gasteiger partial charge in [0.2, 0.25) is 5.91 Å². The zero-order valence-electron chi connectivity index (χ0n) is 15.6. The van der Waals surface area contributed by atoms with E-state index in [0.717, 1.165) is 38.2 Å². The number of imidazole rings is 1. The Hall–Kier alpha value is -2.14. The number of hydrogen-bond acceptors (Lipinski definition) is 3. The number of benzene rings is 1. The van der Waals surface area contributed by atoms with E-state index in [0.29, 0.717) is 19.4 Å². The highest BCUT2D eigenvalue weighted by molar-refractivity contribution is 5.76. The molecule has 1 aromatic heterocycles. The lowest BCUT2D eigenvalue weighted by Crippen LogP contribution is -2.41. The van der Waals surface area contributed by atoms with Crippen LogP contribution in [0.1, 0.15) is 37.6 Å². The Morgan fingerprint density at radius 2 is 2.00 bits per heavy atom. The van der Waals surface area contributed by atoms with Crippen LogP contribution in [0.15, 0.2) is 42.7 Å². The molecule has 1 aromatic carbocycles. The van der Waals surface area contributed by atoms with Gasteiger partial charge in [0.05, 0.1) is 6.10 Å². The van der Waals surface area contributed by atoms with E-state index in [1.165, 1.54) is 5.56 Å². The van der Waals surface area contributed by atoms with Crippen molar-refractivity contribution in [3.63, 3.8) is 0 Å². The smallest absolute Gasteiger partial charge is 0.224 e. The second-order valence-electron chi connectivity index (χ2n) is 7.12. The maximum Gasteiger partial charge on any atom is 0.224 e. The standard InChI is InChI=1S/C21H29N3O2/c1-2-20-22-11-15-23(20)14-10-21(26)24-12-8-18(9-13-24)19(25)16-17-6-4-3-5-7-17/h3-7,11,15,18-19,25H,2,8-10,12-14,16H2,1H3. The molecule has 1 atom stereocenters. The minimum absolute atomic E-state index is 0.205. The number of rotatable bonds is 7. The zero-order valence-corrected chi connectivity index (χ0v) is 15.6. The van der Waals surface area contributed by atoms with Crippen molar-refractivity contribution in [3.8, 4) is 0 Å². The third-order valence-electron chi connectivity index (χ3n) is 5.41. The minimum atomic E-state index is -0.326. The quantitative estimate of drug-likeness (QED) is 0.831. The summed E-state index contributed by atoms with van der Waals surface area (Å²) in [7, 11) is 0. The molecule has 0 radical (unpaired) electrons. The predicted molar refractivity (Wildman–Crippen MR) is 102 cm³/mol. The Morgan fingerprint density at radius 1 is 1.27 bits per heavy atom. The summed E-state index contributed by atoms with van der Waals surface area (Å²) in [5, 5.41) is 10.5. The van der Waals surface area contributed by atoms with Crippen LogP contribution < -0.4 is 0 Å². The molecule has 1 aliphatic rings. The molecule has 1 unspecified atom stereocenters. The monoisotopic (exact) mass is 355 g/mol. The summed E-state index contributed by atoms with van der Waals surface area (Å²) in [6, 6.07) is 10.1. The van der Waals surface area contributed by atoms with Gasteiger partial charge in [0.25, 0.3) is 0 Å². The Labute approximate surface area is 155 Å². The molecular weight excluding hydrogens is 326 g/mol. The molecule has 140 valence electrons. The number of aliphatic hydroxyl groups excluding tert-OH is 1. The summed E-state index contributed by atoms with van der Waals surface area (Å²) < 4.78 is 2.06. The van der Waals surface area contributed by atoms with E-state index in [9.17, 15) is 9.90 Å². The number of aryl methyl sites for hydroxylation is 2. The van der Waals surface area contributed by atoms with Crippen LogP contribution >= 0.6 is 0 Å². The summed E-state index contributed by atoms with van der Waals surface area (Å²) in [5.41, 5.74) is 1.17. The van der Waals surface area contributed by atoms with Crippen LogP contribution in [0.25, 0.3) is 0 Å². The lowest BCUT2D eigenvalue weighted by atomic mass is 9.88. The van der Waals surface area contributed by atoms with Crippen molar-refractivity contribution >= 4 is 5.91 Å². The van der Waals surface area contributed by atoms with Gasteiger partial charge < -0.3 is 14.6 Å². The summed E-state index contributed by atoms with van der Waals surface area (Å²) in [5.74, 6) is 1.51. The molecule has 1 amide bonds. The number of nitrogens with zero attached hydrogens (tertiary/aromatic N) is 3. The van der Waals surface area contributed by atoms with E-state index >= 15 is 0 Å². The van der Waals surface area contributed by atoms with Crippen molar-refractivity contribution < 1.29 is 9.90 Å². The van der Waals surface area contributed by atoms with E-state index in [1.54, 1.807) is 6.20 Å². The number of hydrogen-bond donors (Lipinski definition) is 1. The summed E-state index contributed by atoms with van der Waals surface area (Å²) in [6.45, 7) is 4.27. The van der Waals surface area contributed by atoms with E-state index in [4.69, 9.17) is 0 Å². The van der Waals surface area contributed by atoms with E-state index in [-0.39, 0.29) is 17.9 Å². The van der Waals surface area contributed by atoms with E-state index in [2.05, 4.69) is 28.6 Å². The normalized spacial score (nSPS) is 16.6. The predicted octanol–water partition coefficient (Wildman–Crippen LogP) is 2.68. The molecule has 1 N–H and O–H groups in total. The van der Waals surface area contributed by atoms with Gasteiger partial charge in [-0.05, 0) is 30.7 Å². The molecule has 0 bridgehead atoms. The second-order valence-corrected chi connectivity index (χ2v) is 7.12. The van der Waals surface area contributed by atoms with Crippen LogP contribution in [0.2, 0.25) is 0 Å². The first-order chi connectivity index (χ1) is 12.7. The SMILES string of the molecule is CCc1nccn1CCC(=O)N1CCC(C(O)Cc2ccccc2)CC1. The first-order valence-electron chi connectivity index (χ1n) is 9.67. The van der Waals surface area contributed by atoms with E-state index in [1.807, 2.05) is 29.3 Å². The van der Waals surface area contributed by atoms with Gasteiger partial charge in [-0.3, -0.25) is 4.79 Å². The molecule has 1 aliphatic heterocycles. The van der Waals surface area contributed by atoms with E-state index < -0.39 is 0 Å². The molecular formula is C21H29N3O2. The topological polar surface area (TPSA) is 58.4 Å². The third kappa shape index (κ3) is 4.73. The zero-order chi connectivity index (χ0) is 18.4. The van der Waals surface area contributed by atoms with Crippen molar-refractivity contribution in [2.75, 3.05) is 13.1 Å². The largest absolute Gasteiger partial charge is 0.392 e. The maximum absolute atomic E-state index is 12.5. The van der Waals surface area contributed by atoms with Crippen molar-refractivity contribution in [2.45, 2.75) is 51.7 Å². The molecule has 3 rings (SSSR count). The Bertz CT molecular complexity index is 690. The average Bonchev–Trinajstić information content (AvgIpc) is 3.14. The maximum atomic E-state index is 12.5. The number of likely N-dealkylation sites (tertiary alicyclic amines) is 1. The summed E-state index contributed by atoms with van der Waals surface area (Å²) in [4.78, 5) is 18.7. The molecule has 5 heteroatoms. The summed E-state index contributed by atoms with van der Waals surface area (Å²) >= 11 is 0. The van der Waals surface area contributed by atoms with Crippen LogP contribution in [0.3, 0.4) is 0 Å². The average molecular weight is 355 g/mol. The van der Waals surface area contributed by atoms with Gasteiger partial charge in [-0.25, -0.2) is 4.98 Å². The second kappa shape index (κ2) is 8.99. The van der Waals surface area contributed by atoms with Crippen LogP contribution in [-0.2, 0) is 24.2 Å². The fraction of sp³-hybridized carbons (Fsp3) is 0.524. The fourth-order valence-corrected chi connectivity index (χ4v) is 3.79. The summed E-state index contributed by atoms with van der Waals surface area (Å²) in [6.07, 6.45) is 7.26. The number of amides is 1. The first-order valence-corrected chi connectivity index (χ1v) is 9.67. The first kappa shape index (κ1) is 18.6. The van der Waals surface area contributed by atoms with Crippen LogP contribution in [0, 0.1) is 5.92 Å². The molecule has 2 aromatic rings. The van der Waals surface area contributed by atoms with Crippen molar-refractivity contribution in [3.05, 3.63) is 54.1 Å². The number of carbonyl (C=O) groups is 1. The molecule has 0 saturated carbocycles. The van der Waals surface area contributed by atoms with Gasteiger partial charge in [0.15, 0.2) is 0 Å². The Kier molecular flexibility index (Phi) is 6.45. The molecule has 1 fully saturated rings. The van der Waals surface area contributed by atoms with Crippen molar-refractivity contribution in [2.24, 2.45) is 5.92 Å². The van der Waals surface area contributed by atoms with Gasteiger partial charge in [0.1, 0.15) is 5.82 Å². The highest BCUT2D eigenvalue weighted by atomic mass is 16.3. The van der Waals surface area contributed by atoms with Crippen molar-refractivity contribution in [1.29, 1.82) is 0 Å². The van der Waals surface area contributed by atoms with Gasteiger partial charge in [-0.1, -0.05) is 37.3 Å². The van der Waals surface area contributed by atoms with Crippen LogP contribution in [-0.4, -0.2) is 44.7 Å². The molecule has 26 heavy (non-hydrogen) atoms. The van der Waals surface area contributed by atoms with Crippen molar-refractivity contribution in [1.82, 2.24) is 14.5 Å². The number of aliphatic hydroxyl groups is 1. The Balaban J connectivity index is 1.43. The molecule has 0 aliphatic carbocycles. The molecule has 5 nitrogen and oxygen atoms in total. The third-order valence-corrected chi connectivity index (χ3v) is 5.41. The van der Waals surface area contributed by atoms with Gasteiger partial charge in [0, 0.05) is 44.9 Å². The van der Waals surface area contributed by atoms with Gasteiger partial charge in [-0.2, -0.15) is 0 Å². The van der Waals surface area contributed by atoms with Gasteiger partial charge >= 0.3 is 0 Å². The van der Waals surface area contributed by atoms with Crippen LogP contribution in [0.5, 0.6) is 0 Å². The number of carbonyl (C=O) groups excluding carboxylic acids is 1.